The number of hydrogen-bond acceptors (Lipinski definition) is 4. The lowest BCUT2D eigenvalue weighted by Gasteiger charge is -2.42. The van der Waals surface area contributed by atoms with Crippen LogP contribution in [-0.2, 0) is 5.60 Å². The fourth-order valence-corrected chi connectivity index (χ4v) is 5.33. The lowest BCUT2D eigenvalue weighted by atomic mass is 9.67. The van der Waals surface area contributed by atoms with Gasteiger partial charge in [0.05, 0.1) is 11.7 Å². The van der Waals surface area contributed by atoms with Gasteiger partial charge in [-0.1, -0.05) is 0 Å². The summed E-state index contributed by atoms with van der Waals surface area (Å²) in [5.74, 6) is 0.941. The number of hydrogen-bond donors (Lipinski definition) is 1. The molecular formula is C22H29NO2S. The number of aliphatic hydroxyl groups is 1. The van der Waals surface area contributed by atoms with E-state index in [1.54, 1.807) is 11.3 Å². The molecule has 2 fully saturated rings. The molecule has 1 aromatic heterocycles. The average Bonchev–Trinajstić information content (AvgIpc) is 3.30. The second kappa shape index (κ2) is 6.90. The molecule has 0 radical (unpaired) electrons. The lowest BCUT2D eigenvalue weighted by Crippen LogP contribution is -2.38. The Bertz CT molecular complexity index is 715. The summed E-state index contributed by atoms with van der Waals surface area (Å²) >= 11 is 1.68. The van der Waals surface area contributed by atoms with Gasteiger partial charge in [0.25, 0.3) is 0 Å². The van der Waals surface area contributed by atoms with E-state index >= 15 is 0 Å². The topological polar surface area (TPSA) is 32.7 Å². The molecule has 26 heavy (non-hydrogen) atoms. The predicted molar refractivity (Wildman–Crippen MR) is 108 cm³/mol. The van der Waals surface area contributed by atoms with Gasteiger partial charge in [-0.3, -0.25) is 0 Å². The molecule has 0 amide bonds. The summed E-state index contributed by atoms with van der Waals surface area (Å²) in [5, 5.41) is 15.2. The van der Waals surface area contributed by atoms with E-state index in [0.29, 0.717) is 5.41 Å². The van der Waals surface area contributed by atoms with Crippen molar-refractivity contribution in [3.63, 3.8) is 0 Å². The van der Waals surface area contributed by atoms with Crippen LogP contribution in [0.4, 0.5) is 5.69 Å². The van der Waals surface area contributed by atoms with E-state index in [1.807, 2.05) is 0 Å². The summed E-state index contributed by atoms with van der Waals surface area (Å²) in [5.41, 5.74) is 2.17. The number of anilines is 1. The maximum Gasteiger partial charge on any atom is 0.119 e. The van der Waals surface area contributed by atoms with Gasteiger partial charge in [0.1, 0.15) is 5.75 Å². The third-order valence-corrected chi connectivity index (χ3v) is 6.89. The molecule has 1 saturated carbocycles. The molecule has 1 saturated heterocycles. The zero-order valence-electron chi connectivity index (χ0n) is 15.8. The van der Waals surface area contributed by atoms with E-state index in [2.05, 4.69) is 59.8 Å². The van der Waals surface area contributed by atoms with E-state index in [4.69, 9.17) is 4.74 Å². The number of ether oxygens (including phenoxy) is 1. The third-order valence-electron chi connectivity index (χ3n) is 6.21. The van der Waals surface area contributed by atoms with Gasteiger partial charge in [-0.25, -0.2) is 0 Å². The fraction of sp³-hybridized carbons (Fsp3) is 0.545. The van der Waals surface area contributed by atoms with Gasteiger partial charge in [0, 0.05) is 18.8 Å². The molecule has 1 spiro atoms. The Morgan fingerprint density at radius 1 is 1.04 bits per heavy atom. The van der Waals surface area contributed by atoms with Crippen molar-refractivity contribution in [3.05, 3.63) is 46.7 Å². The molecular weight excluding hydrogens is 342 g/mol. The first-order valence-corrected chi connectivity index (χ1v) is 10.7. The van der Waals surface area contributed by atoms with Crippen molar-refractivity contribution in [2.45, 2.75) is 57.7 Å². The van der Waals surface area contributed by atoms with Crippen LogP contribution in [0.15, 0.2) is 41.1 Å². The van der Waals surface area contributed by atoms with Crippen molar-refractivity contribution in [2.75, 3.05) is 18.0 Å². The molecule has 0 unspecified atom stereocenters. The Hall–Kier alpha value is -1.52. The van der Waals surface area contributed by atoms with E-state index in [0.717, 1.165) is 50.1 Å². The van der Waals surface area contributed by atoms with E-state index in [-0.39, 0.29) is 6.10 Å². The quantitative estimate of drug-likeness (QED) is 0.802. The van der Waals surface area contributed by atoms with Gasteiger partial charge in [0.15, 0.2) is 0 Å². The normalized spacial score (nSPS) is 28.8. The van der Waals surface area contributed by atoms with Crippen molar-refractivity contribution in [1.82, 2.24) is 0 Å². The Kier molecular flexibility index (Phi) is 4.74. The van der Waals surface area contributed by atoms with Crippen LogP contribution in [-0.4, -0.2) is 24.3 Å². The van der Waals surface area contributed by atoms with Crippen LogP contribution in [0.5, 0.6) is 5.75 Å². The predicted octanol–water partition coefficient (Wildman–Crippen LogP) is 5.19. The summed E-state index contributed by atoms with van der Waals surface area (Å²) < 4.78 is 5.75. The number of thiophene rings is 1. The van der Waals surface area contributed by atoms with Gasteiger partial charge in [-0.15, -0.1) is 0 Å². The van der Waals surface area contributed by atoms with Gasteiger partial charge in [0.2, 0.25) is 0 Å². The van der Waals surface area contributed by atoms with E-state index in [9.17, 15) is 5.11 Å². The molecule has 1 aliphatic heterocycles. The van der Waals surface area contributed by atoms with Gasteiger partial charge in [-0.05, 0) is 98.0 Å². The standard InChI is InChI=1S/C22H29NO2S/c1-17(2)25-20-5-3-19(4-6-20)23-13-12-21(16-23)8-10-22(24,11-9-21)18-7-14-26-15-18/h3-7,14-15,17,24H,8-13,16H2,1-2H3/t21-,22+. The highest BCUT2D eigenvalue weighted by atomic mass is 32.1. The summed E-state index contributed by atoms with van der Waals surface area (Å²) in [6.07, 6.45) is 5.45. The molecule has 2 aromatic rings. The molecule has 1 N–H and O–H groups in total. The minimum atomic E-state index is -0.603. The SMILES string of the molecule is CC(C)Oc1ccc(N2CC[C@]3(CC[C@@](O)(c4ccsc4)CC3)C2)cc1. The molecule has 0 atom stereocenters. The highest BCUT2D eigenvalue weighted by molar-refractivity contribution is 7.08. The van der Waals surface area contributed by atoms with Gasteiger partial charge in [-0.2, -0.15) is 11.3 Å². The van der Waals surface area contributed by atoms with Crippen LogP contribution in [0.2, 0.25) is 0 Å². The molecule has 2 heterocycles. The fourth-order valence-electron chi connectivity index (χ4n) is 4.58. The summed E-state index contributed by atoms with van der Waals surface area (Å²) in [6, 6.07) is 10.6. The van der Waals surface area contributed by atoms with Crippen LogP contribution < -0.4 is 9.64 Å². The van der Waals surface area contributed by atoms with Crippen LogP contribution in [0.3, 0.4) is 0 Å². The van der Waals surface area contributed by atoms with Gasteiger partial charge < -0.3 is 14.7 Å². The van der Waals surface area contributed by atoms with Crippen LogP contribution >= 0.6 is 11.3 Å². The van der Waals surface area contributed by atoms with Crippen LogP contribution in [0.1, 0.15) is 51.5 Å². The maximum atomic E-state index is 11.0. The Labute approximate surface area is 160 Å². The molecule has 2 aliphatic rings. The number of rotatable bonds is 4. The average molecular weight is 372 g/mol. The molecule has 4 rings (SSSR count). The first kappa shape index (κ1) is 17.9. The van der Waals surface area contributed by atoms with Crippen LogP contribution in [0, 0.1) is 5.41 Å². The number of nitrogens with zero attached hydrogens (tertiary/aromatic N) is 1. The van der Waals surface area contributed by atoms with Crippen LogP contribution in [0.25, 0.3) is 0 Å². The first-order chi connectivity index (χ1) is 12.5. The summed E-state index contributed by atoms with van der Waals surface area (Å²) in [4.78, 5) is 2.51. The molecule has 1 aliphatic carbocycles. The third kappa shape index (κ3) is 3.49. The number of benzene rings is 1. The van der Waals surface area contributed by atoms with E-state index in [1.165, 1.54) is 12.1 Å². The molecule has 1 aromatic carbocycles. The minimum absolute atomic E-state index is 0.208. The summed E-state index contributed by atoms with van der Waals surface area (Å²) in [6.45, 7) is 6.33. The van der Waals surface area contributed by atoms with E-state index < -0.39 is 5.60 Å². The second-order valence-electron chi connectivity index (χ2n) is 8.38. The molecule has 3 nitrogen and oxygen atoms in total. The lowest BCUT2D eigenvalue weighted by molar-refractivity contribution is -0.0336. The smallest absolute Gasteiger partial charge is 0.119 e. The monoisotopic (exact) mass is 371 g/mol. The second-order valence-corrected chi connectivity index (χ2v) is 9.16. The first-order valence-electron chi connectivity index (χ1n) is 9.75. The highest BCUT2D eigenvalue weighted by Gasteiger charge is 2.46. The Balaban J connectivity index is 1.39. The van der Waals surface area contributed by atoms with Crippen molar-refractivity contribution in [1.29, 1.82) is 0 Å². The highest BCUT2D eigenvalue weighted by Crippen LogP contribution is 2.50. The largest absolute Gasteiger partial charge is 0.491 e. The molecule has 0 bridgehead atoms. The van der Waals surface area contributed by atoms with Gasteiger partial charge >= 0.3 is 0 Å². The Morgan fingerprint density at radius 3 is 2.38 bits per heavy atom. The molecule has 4 heteroatoms. The van der Waals surface area contributed by atoms with Crippen molar-refractivity contribution >= 4 is 17.0 Å². The zero-order chi connectivity index (χ0) is 18.2. The van der Waals surface area contributed by atoms with Crippen molar-refractivity contribution < 1.29 is 9.84 Å². The van der Waals surface area contributed by atoms with Crippen molar-refractivity contribution in [3.8, 4) is 5.75 Å². The minimum Gasteiger partial charge on any atom is -0.491 e. The Morgan fingerprint density at radius 2 is 1.77 bits per heavy atom. The summed E-state index contributed by atoms with van der Waals surface area (Å²) in [7, 11) is 0. The molecule has 140 valence electrons. The maximum absolute atomic E-state index is 11.0. The van der Waals surface area contributed by atoms with Crippen molar-refractivity contribution in [2.24, 2.45) is 5.41 Å². The zero-order valence-corrected chi connectivity index (χ0v) is 16.6.